The smallest absolute Gasteiger partial charge is 0.272 e. The summed E-state index contributed by atoms with van der Waals surface area (Å²) in [6, 6.07) is 8.98. The minimum Gasteiger partial charge on any atom is -0.350 e. The summed E-state index contributed by atoms with van der Waals surface area (Å²) in [6.45, 7) is 12.4. The molecule has 4 heterocycles. The van der Waals surface area contributed by atoms with Crippen LogP contribution in [0.25, 0.3) is 22.0 Å². The molecule has 234 valence electrons. The maximum absolute atomic E-state index is 14.1. The first kappa shape index (κ1) is 31.0. The number of aryl methyl sites for hydroxylation is 2. The van der Waals surface area contributed by atoms with Gasteiger partial charge < -0.3 is 10.2 Å². The Hall–Kier alpha value is -3.99. The van der Waals surface area contributed by atoms with E-state index in [4.69, 9.17) is 5.10 Å². The number of nitrogens with zero attached hydrogens (tertiary/aromatic N) is 6. The molecule has 1 aromatic carbocycles. The zero-order chi connectivity index (χ0) is 32.3. The Morgan fingerprint density at radius 2 is 1.78 bits per heavy atom. The molecule has 2 aliphatic rings. The molecule has 1 N–H and O–H groups in total. The minimum absolute atomic E-state index is 0.0111. The number of pyridine rings is 1. The van der Waals surface area contributed by atoms with Crippen molar-refractivity contribution in [1.82, 2.24) is 34.9 Å². The summed E-state index contributed by atoms with van der Waals surface area (Å²) in [5.41, 5.74) is 4.04. The molecule has 0 bridgehead atoms. The van der Waals surface area contributed by atoms with E-state index in [0.717, 1.165) is 23.1 Å². The maximum atomic E-state index is 14.1. The van der Waals surface area contributed by atoms with Crippen LogP contribution in [-0.2, 0) is 22.6 Å². The molecule has 1 aliphatic carbocycles. The van der Waals surface area contributed by atoms with Gasteiger partial charge >= 0.3 is 0 Å². The second kappa shape index (κ2) is 11.4. The highest BCUT2D eigenvalue weighted by atomic mass is 79.9. The Balaban J connectivity index is 1.31. The van der Waals surface area contributed by atoms with Crippen LogP contribution in [0.1, 0.15) is 68.1 Å². The van der Waals surface area contributed by atoms with Crippen molar-refractivity contribution < 1.29 is 14.4 Å². The number of halogens is 1. The molecule has 3 aromatic heterocycles. The summed E-state index contributed by atoms with van der Waals surface area (Å²) in [6.07, 6.45) is 5.17. The zero-order valence-electron chi connectivity index (χ0n) is 26.5. The van der Waals surface area contributed by atoms with Crippen LogP contribution in [0, 0.1) is 24.7 Å². The highest BCUT2D eigenvalue weighted by molar-refractivity contribution is 9.10. The summed E-state index contributed by atoms with van der Waals surface area (Å²) < 4.78 is 2.27. The van der Waals surface area contributed by atoms with Gasteiger partial charge in [0.25, 0.3) is 5.91 Å². The Labute approximate surface area is 271 Å². The first-order valence-electron chi connectivity index (χ1n) is 15.3. The number of carbonyl (C=O) groups excluding carboxylic acids is 3. The van der Waals surface area contributed by atoms with Gasteiger partial charge in [-0.05, 0) is 82.8 Å². The van der Waals surface area contributed by atoms with E-state index < -0.39 is 6.04 Å². The number of likely N-dealkylation sites (tertiary alicyclic amines) is 1. The van der Waals surface area contributed by atoms with Gasteiger partial charge in [0.2, 0.25) is 5.91 Å². The minimum atomic E-state index is -0.522. The number of rotatable bonds is 8. The van der Waals surface area contributed by atoms with Crippen LogP contribution in [0.2, 0.25) is 0 Å². The standard InChI is InChI=1S/C34H38BrN7O3/c1-19-7-10-29(35)39-24(19)12-27(43)26-13-34(6)14-28(34)42(26)30(44)17-41-25-9-8-21(22-15-36-20(2)37-16-22)11-23(25)31(40-41)32(45)38-18-33(3,4)5/h7-11,15-16,26,28H,12-14,17-18H2,1-6H3,(H,38,45)/t26-,28+,34-/m0/s1. The van der Waals surface area contributed by atoms with Gasteiger partial charge in [0.15, 0.2) is 11.5 Å². The lowest BCUT2D eigenvalue weighted by molar-refractivity contribution is -0.139. The Bertz CT molecular complexity index is 1830. The lowest BCUT2D eigenvalue weighted by Gasteiger charge is -2.27. The molecule has 0 unspecified atom stereocenters. The van der Waals surface area contributed by atoms with Crippen molar-refractivity contribution in [2.75, 3.05) is 6.54 Å². The number of piperidine rings is 1. The van der Waals surface area contributed by atoms with Gasteiger partial charge in [0.05, 0.1) is 23.7 Å². The fraction of sp³-hybridized carbons (Fsp3) is 0.441. The van der Waals surface area contributed by atoms with Crippen LogP contribution in [0.5, 0.6) is 0 Å². The number of hydrogen-bond acceptors (Lipinski definition) is 7. The molecule has 1 saturated carbocycles. The average molecular weight is 673 g/mol. The molecule has 6 rings (SSSR count). The quantitative estimate of drug-likeness (QED) is 0.254. The second-order valence-electron chi connectivity index (χ2n) is 13.9. The van der Waals surface area contributed by atoms with Gasteiger partial charge in [0.1, 0.15) is 17.0 Å². The van der Waals surface area contributed by atoms with Crippen LogP contribution in [0.4, 0.5) is 0 Å². The van der Waals surface area contributed by atoms with Crippen molar-refractivity contribution in [3.63, 3.8) is 0 Å². The highest BCUT2D eigenvalue weighted by Gasteiger charge is 2.64. The van der Waals surface area contributed by atoms with E-state index in [9.17, 15) is 14.4 Å². The molecule has 1 aliphatic heterocycles. The molecule has 0 spiro atoms. The van der Waals surface area contributed by atoms with Crippen LogP contribution in [0.3, 0.4) is 0 Å². The Morgan fingerprint density at radius 1 is 1.04 bits per heavy atom. The first-order chi connectivity index (χ1) is 21.2. The zero-order valence-corrected chi connectivity index (χ0v) is 28.1. The maximum Gasteiger partial charge on any atom is 0.272 e. The topological polar surface area (TPSA) is 123 Å². The molecule has 0 radical (unpaired) electrons. The Morgan fingerprint density at radius 3 is 2.49 bits per heavy atom. The molecular formula is C34H38BrN7O3. The molecule has 1 saturated heterocycles. The van der Waals surface area contributed by atoms with E-state index in [1.807, 2.05) is 65.0 Å². The van der Waals surface area contributed by atoms with Crippen molar-refractivity contribution in [3.05, 3.63) is 70.1 Å². The van der Waals surface area contributed by atoms with Gasteiger partial charge in [0, 0.05) is 35.9 Å². The molecular weight excluding hydrogens is 634 g/mol. The van der Waals surface area contributed by atoms with Crippen molar-refractivity contribution in [2.45, 2.75) is 79.4 Å². The normalized spacial score (nSPS) is 20.7. The summed E-state index contributed by atoms with van der Waals surface area (Å²) in [5.74, 6) is 0.171. The van der Waals surface area contributed by atoms with Crippen LogP contribution < -0.4 is 5.32 Å². The van der Waals surface area contributed by atoms with Crippen LogP contribution >= 0.6 is 15.9 Å². The van der Waals surface area contributed by atoms with Gasteiger partial charge in [-0.3, -0.25) is 19.1 Å². The number of ketones is 1. The largest absolute Gasteiger partial charge is 0.350 e. The molecule has 2 amide bonds. The number of Topliss-reactive ketones (excluding diaryl/α,β-unsaturated/α-hetero) is 1. The fourth-order valence-electron chi connectivity index (χ4n) is 6.24. The van der Waals surface area contributed by atoms with E-state index in [1.54, 1.807) is 22.0 Å². The number of nitrogens with one attached hydrogen (secondary N) is 1. The van der Waals surface area contributed by atoms with E-state index >= 15 is 0 Å². The lowest BCUT2D eigenvalue weighted by atomic mass is 9.96. The second-order valence-corrected chi connectivity index (χ2v) is 14.7. The van der Waals surface area contributed by atoms with Gasteiger partial charge in [-0.25, -0.2) is 15.0 Å². The first-order valence-corrected chi connectivity index (χ1v) is 16.1. The number of hydrogen-bond donors (Lipinski definition) is 1. The summed E-state index contributed by atoms with van der Waals surface area (Å²) >= 11 is 3.41. The number of aromatic nitrogens is 5. The third-order valence-electron chi connectivity index (χ3n) is 8.95. The van der Waals surface area contributed by atoms with Crippen molar-refractivity contribution in [2.24, 2.45) is 10.8 Å². The molecule has 3 atom stereocenters. The monoisotopic (exact) mass is 671 g/mol. The predicted molar refractivity (Wildman–Crippen MR) is 174 cm³/mol. The van der Waals surface area contributed by atoms with E-state index in [-0.39, 0.29) is 53.1 Å². The lowest BCUT2D eigenvalue weighted by Crippen LogP contribution is -2.45. The highest BCUT2D eigenvalue weighted by Crippen LogP contribution is 2.59. The SMILES string of the molecule is Cc1ncc(-c2ccc3c(c2)c(C(=O)NCC(C)(C)C)nn3CC(=O)N2[C@H](C(=O)Cc3nc(Br)ccc3C)C[C@@]3(C)C[C@@H]23)cn1. The molecule has 10 nitrogen and oxygen atoms in total. The molecule has 45 heavy (non-hydrogen) atoms. The van der Waals surface area contributed by atoms with Crippen molar-refractivity contribution in [3.8, 4) is 11.1 Å². The Kier molecular flexibility index (Phi) is 7.87. The number of carbonyl (C=O) groups is 3. The van der Waals surface area contributed by atoms with Crippen LogP contribution in [-0.4, -0.2) is 65.9 Å². The van der Waals surface area contributed by atoms with Gasteiger partial charge in [-0.15, -0.1) is 0 Å². The summed E-state index contributed by atoms with van der Waals surface area (Å²) in [5, 5.41) is 8.33. The fourth-order valence-corrected chi connectivity index (χ4v) is 6.59. The molecule has 4 aromatic rings. The number of benzene rings is 1. The molecule has 11 heteroatoms. The van der Waals surface area contributed by atoms with Crippen molar-refractivity contribution in [1.29, 1.82) is 0 Å². The summed E-state index contributed by atoms with van der Waals surface area (Å²) in [4.78, 5) is 56.1. The average Bonchev–Trinajstić information content (AvgIpc) is 3.35. The van der Waals surface area contributed by atoms with E-state index in [1.165, 1.54) is 0 Å². The third kappa shape index (κ3) is 6.27. The summed E-state index contributed by atoms with van der Waals surface area (Å²) in [7, 11) is 0. The van der Waals surface area contributed by atoms with Gasteiger partial charge in [-0.1, -0.05) is 39.8 Å². The third-order valence-corrected chi connectivity index (χ3v) is 9.39. The number of fused-ring (bicyclic) bond motifs is 2. The van der Waals surface area contributed by atoms with Gasteiger partial charge in [-0.2, -0.15) is 5.10 Å². The molecule has 2 fully saturated rings. The van der Waals surface area contributed by atoms with Crippen molar-refractivity contribution >= 4 is 44.4 Å². The predicted octanol–water partition coefficient (Wildman–Crippen LogP) is 5.23. The number of amides is 2. The van der Waals surface area contributed by atoms with E-state index in [2.05, 4.69) is 43.1 Å². The van der Waals surface area contributed by atoms with E-state index in [0.29, 0.717) is 40.0 Å². The van der Waals surface area contributed by atoms with Crippen LogP contribution in [0.15, 0.2) is 47.3 Å².